The van der Waals surface area contributed by atoms with Crippen molar-refractivity contribution in [3.8, 4) is 0 Å². The van der Waals surface area contributed by atoms with Gasteiger partial charge in [-0.3, -0.25) is 9.36 Å². The van der Waals surface area contributed by atoms with E-state index in [1.807, 2.05) is 0 Å². The second-order valence-electron chi connectivity index (χ2n) is 5.04. The third-order valence-electron chi connectivity index (χ3n) is 3.84. The normalized spacial score (nSPS) is 20.2. The van der Waals surface area contributed by atoms with Gasteiger partial charge in [-0.1, -0.05) is 0 Å². The third kappa shape index (κ3) is 2.35. The molecule has 6 nitrogen and oxygen atoms in total. The molecular formula is C13H17N5O. The highest BCUT2D eigenvalue weighted by Gasteiger charge is 2.20. The van der Waals surface area contributed by atoms with Gasteiger partial charge in [-0.2, -0.15) is 0 Å². The molecule has 1 atom stereocenters. The lowest BCUT2D eigenvalue weighted by Gasteiger charge is -2.19. The Morgan fingerprint density at radius 2 is 2.16 bits per heavy atom. The van der Waals surface area contributed by atoms with Crippen molar-refractivity contribution in [2.24, 2.45) is 0 Å². The minimum Gasteiger partial charge on any atom is -0.303 e. The van der Waals surface area contributed by atoms with Crippen molar-refractivity contribution in [2.45, 2.75) is 31.8 Å². The van der Waals surface area contributed by atoms with Crippen molar-refractivity contribution < 1.29 is 0 Å². The molecule has 1 saturated heterocycles. The highest BCUT2D eigenvalue weighted by molar-refractivity contribution is 5.66. The van der Waals surface area contributed by atoms with E-state index in [1.54, 1.807) is 17.1 Å². The van der Waals surface area contributed by atoms with Crippen LogP contribution < -0.4 is 5.56 Å². The molecule has 6 heteroatoms. The van der Waals surface area contributed by atoms with Crippen LogP contribution in [0.1, 0.15) is 19.3 Å². The van der Waals surface area contributed by atoms with Crippen LogP contribution in [-0.2, 0) is 6.54 Å². The molecule has 0 aliphatic carbocycles. The molecule has 1 fully saturated rings. The van der Waals surface area contributed by atoms with E-state index in [1.165, 1.54) is 19.0 Å². The summed E-state index contributed by atoms with van der Waals surface area (Å²) in [7, 11) is 2.14. The number of aromatic nitrogens is 4. The maximum atomic E-state index is 12.2. The van der Waals surface area contributed by atoms with Crippen LogP contribution in [0.5, 0.6) is 0 Å². The average molecular weight is 259 g/mol. The van der Waals surface area contributed by atoms with Gasteiger partial charge < -0.3 is 4.90 Å². The largest absolute Gasteiger partial charge is 0.303 e. The fraction of sp³-hybridized carbons (Fsp3) is 0.538. The fourth-order valence-corrected chi connectivity index (χ4v) is 2.68. The van der Waals surface area contributed by atoms with Crippen LogP contribution >= 0.6 is 0 Å². The first kappa shape index (κ1) is 12.2. The van der Waals surface area contributed by atoms with Gasteiger partial charge in [-0.25, -0.2) is 15.0 Å². The smallest absolute Gasteiger partial charge is 0.281 e. The first-order valence-corrected chi connectivity index (χ1v) is 6.62. The van der Waals surface area contributed by atoms with Gasteiger partial charge in [0.2, 0.25) is 0 Å². The monoisotopic (exact) mass is 259 g/mol. The van der Waals surface area contributed by atoms with Crippen LogP contribution in [0.2, 0.25) is 0 Å². The standard InChI is InChI=1S/C13H17N5O/c1-17-7-2-3-10(17)4-8-18-9-16-12-11(13(18)19)14-5-6-15-12/h5-6,9-10H,2-4,7-8H2,1H3/t10-/m1/s1. The topological polar surface area (TPSA) is 63.9 Å². The lowest BCUT2D eigenvalue weighted by Crippen LogP contribution is -2.29. The molecule has 3 rings (SSSR count). The van der Waals surface area contributed by atoms with Gasteiger partial charge in [0, 0.05) is 25.0 Å². The Balaban J connectivity index is 1.81. The second-order valence-corrected chi connectivity index (χ2v) is 5.04. The van der Waals surface area contributed by atoms with Crippen molar-refractivity contribution in [1.82, 2.24) is 24.4 Å². The first-order chi connectivity index (χ1) is 9.25. The summed E-state index contributed by atoms with van der Waals surface area (Å²) in [5.74, 6) is 0. The van der Waals surface area contributed by atoms with Crippen molar-refractivity contribution in [3.05, 3.63) is 29.1 Å². The lowest BCUT2D eigenvalue weighted by molar-refractivity contribution is 0.285. The van der Waals surface area contributed by atoms with Crippen LogP contribution in [0.15, 0.2) is 23.5 Å². The Morgan fingerprint density at radius 3 is 2.95 bits per heavy atom. The molecule has 3 heterocycles. The molecule has 0 aromatic carbocycles. The molecule has 100 valence electrons. The molecule has 1 aliphatic heterocycles. The number of rotatable bonds is 3. The zero-order valence-corrected chi connectivity index (χ0v) is 11.0. The predicted octanol–water partition coefficient (Wildman–Crippen LogP) is 0.671. The minimum absolute atomic E-state index is 0.0984. The summed E-state index contributed by atoms with van der Waals surface area (Å²) in [6.07, 6.45) is 8.09. The summed E-state index contributed by atoms with van der Waals surface area (Å²) in [4.78, 5) is 26.9. The Hall–Kier alpha value is -1.82. The van der Waals surface area contributed by atoms with E-state index >= 15 is 0 Å². The SMILES string of the molecule is CN1CCC[C@@H]1CCn1cnc2nccnc2c1=O. The molecule has 1 aliphatic rings. The van der Waals surface area contributed by atoms with Gasteiger partial charge in [-0.15, -0.1) is 0 Å². The number of likely N-dealkylation sites (tertiary alicyclic amines) is 1. The number of nitrogens with zero attached hydrogens (tertiary/aromatic N) is 5. The zero-order chi connectivity index (χ0) is 13.2. The predicted molar refractivity (Wildman–Crippen MR) is 71.9 cm³/mol. The van der Waals surface area contributed by atoms with Gasteiger partial charge in [0.15, 0.2) is 11.2 Å². The number of fused-ring (bicyclic) bond motifs is 1. The highest BCUT2D eigenvalue weighted by atomic mass is 16.1. The van der Waals surface area contributed by atoms with Crippen molar-refractivity contribution >= 4 is 11.2 Å². The van der Waals surface area contributed by atoms with Crippen molar-refractivity contribution in [1.29, 1.82) is 0 Å². The van der Waals surface area contributed by atoms with E-state index in [0.29, 0.717) is 23.8 Å². The molecule has 2 aromatic rings. The zero-order valence-electron chi connectivity index (χ0n) is 11.0. The van der Waals surface area contributed by atoms with Gasteiger partial charge in [0.05, 0.1) is 0 Å². The van der Waals surface area contributed by atoms with Crippen LogP contribution in [0.25, 0.3) is 11.2 Å². The molecule has 0 N–H and O–H groups in total. The average Bonchev–Trinajstić information content (AvgIpc) is 2.84. The molecule has 0 radical (unpaired) electrons. The summed E-state index contributed by atoms with van der Waals surface area (Å²) in [6.45, 7) is 1.84. The molecule has 2 aromatic heterocycles. The van der Waals surface area contributed by atoms with E-state index in [2.05, 4.69) is 26.9 Å². The molecule has 0 saturated carbocycles. The summed E-state index contributed by atoms with van der Waals surface area (Å²) in [5, 5.41) is 0. The third-order valence-corrected chi connectivity index (χ3v) is 3.84. The lowest BCUT2D eigenvalue weighted by atomic mass is 10.1. The second kappa shape index (κ2) is 5.05. The fourth-order valence-electron chi connectivity index (χ4n) is 2.68. The Morgan fingerprint density at radius 1 is 1.32 bits per heavy atom. The van der Waals surface area contributed by atoms with Crippen LogP contribution in [0.4, 0.5) is 0 Å². The quantitative estimate of drug-likeness (QED) is 0.810. The van der Waals surface area contributed by atoms with E-state index < -0.39 is 0 Å². The van der Waals surface area contributed by atoms with E-state index in [-0.39, 0.29) is 5.56 Å². The van der Waals surface area contributed by atoms with E-state index in [0.717, 1.165) is 13.0 Å². The number of hydrogen-bond acceptors (Lipinski definition) is 5. The Kier molecular flexibility index (Phi) is 3.25. The van der Waals surface area contributed by atoms with Gasteiger partial charge in [-0.05, 0) is 32.9 Å². The van der Waals surface area contributed by atoms with Crippen molar-refractivity contribution in [3.63, 3.8) is 0 Å². The molecule has 0 spiro atoms. The van der Waals surface area contributed by atoms with Crippen LogP contribution in [0, 0.1) is 0 Å². The summed E-state index contributed by atoms with van der Waals surface area (Å²) >= 11 is 0. The Bertz CT molecular complexity index is 638. The summed E-state index contributed by atoms with van der Waals surface area (Å²) in [5.41, 5.74) is 0.672. The first-order valence-electron chi connectivity index (χ1n) is 6.62. The molecule has 0 bridgehead atoms. The van der Waals surface area contributed by atoms with Gasteiger partial charge in [0.1, 0.15) is 6.33 Å². The van der Waals surface area contributed by atoms with Crippen LogP contribution in [0.3, 0.4) is 0 Å². The van der Waals surface area contributed by atoms with E-state index in [4.69, 9.17) is 0 Å². The molecular weight excluding hydrogens is 242 g/mol. The summed E-state index contributed by atoms with van der Waals surface area (Å²) < 4.78 is 1.64. The Labute approximate surface area is 111 Å². The van der Waals surface area contributed by atoms with Crippen molar-refractivity contribution in [2.75, 3.05) is 13.6 Å². The molecule has 19 heavy (non-hydrogen) atoms. The molecule has 0 unspecified atom stereocenters. The van der Waals surface area contributed by atoms with E-state index in [9.17, 15) is 4.79 Å². The maximum Gasteiger partial charge on any atom is 0.281 e. The van der Waals surface area contributed by atoms with Crippen LogP contribution in [-0.4, -0.2) is 44.1 Å². The maximum absolute atomic E-state index is 12.2. The number of hydrogen-bond donors (Lipinski definition) is 0. The number of aryl methyl sites for hydroxylation is 1. The van der Waals surface area contributed by atoms with Gasteiger partial charge in [0.25, 0.3) is 5.56 Å². The highest BCUT2D eigenvalue weighted by Crippen LogP contribution is 2.18. The molecule has 0 amide bonds. The van der Waals surface area contributed by atoms with Gasteiger partial charge >= 0.3 is 0 Å². The minimum atomic E-state index is -0.0984. The summed E-state index contributed by atoms with van der Waals surface area (Å²) in [6, 6.07) is 0.574.